The molecule has 1 aromatic carbocycles. The van der Waals surface area contributed by atoms with Crippen LogP contribution in [0.3, 0.4) is 0 Å². The monoisotopic (exact) mass is 259 g/mol. The van der Waals surface area contributed by atoms with E-state index in [1.807, 2.05) is 6.07 Å². The summed E-state index contributed by atoms with van der Waals surface area (Å²) in [5.74, 6) is 0.274. The molecule has 0 aliphatic carbocycles. The highest BCUT2D eigenvalue weighted by atomic mass is 16.2. The van der Waals surface area contributed by atoms with Gasteiger partial charge in [-0.3, -0.25) is 4.79 Å². The molecule has 0 aromatic heterocycles. The van der Waals surface area contributed by atoms with Gasteiger partial charge in [-0.2, -0.15) is 0 Å². The Bertz CT molecular complexity index is 459. The maximum atomic E-state index is 12.6. The van der Waals surface area contributed by atoms with E-state index in [2.05, 4.69) is 50.8 Å². The summed E-state index contributed by atoms with van der Waals surface area (Å²) in [6, 6.07) is 8.70. The van der Waals surface area contributed by atoms with Gasteiger partial charge in [-0.15, -0.1) is 0 Å². The van der Waals surface area contributed by atoms with E-state index < -0.39 is 0 Å². The molecule has 0 N–H and O–H groups in total. The Kier molecular flexibility index (Phi) is 3.98. The summed E-state index contributed by atoms with van der Waals surface area (Å²) in [5.41, 5.74) is 2.50. The van der Waals surface area contributed by atoms with Crippen molar-refractivity contribution in [2.45, 2.75) is 59.4 Å². The quantitative estimate of drug-likeness (QED) is 0.797. The van der Waals surface area contributed by atoms with Crippen molar-refractivity contribution in [1.82, 2.24) is 0 Å². The molecule has 1 aliphatic rings. The Morgan fingerprint density at radius 3 is 2.63 bits per heavy atom. The molecule has 0 radical (unpaired) electrons. The third kappa shape index (κ3) is 3.17. The highest BCUT2D eigenvalue weighted by molar-refractivity contribution is 5.96. The molecule has 0 spiro atoms. The minimum atomic E-state index is 0.0470. The first-order valence-electron chi connectivity index (χ1n) is 7.32. The van der Waals surface area contributed by atoms with Crippen LogP contribution in [0.2, 0.25) is 0 Å². The molecule has 1 atom stereocenters. The Hall–Kier alpha value is -1.31. The van der Waals surface area contributed by atoms with Gasteiger partial charge in [0.1, 0.15) is 0 Å². The van der Waals surface area contributed by atoms with Crippen molar-refractivity contribution in [3.8, 4) is 0 Å². The molecule has 0 saturated heterocycles. The molecule has 1 aromatic rings. The Balaban J connectivity index is 2.26. The molecule has 2 rings (SSSR count). The third-order valence-corrected chi connectivity index (χ3v) is 3.64. The fourth-order valence-electron chi connectivity index (χ4n) is 2.90. The van der Waals surface area contributed by atoms with Crippen molar-refractivity contribution >= 4 is 11.6 Å². The first kappa shape index (κ1) is 14.1. The first-order valence-corrected chi connectivity index (χ1v) is 7.32. The molecule has 0 saturated carbocycles. The fourth-order valence-corrected chi connectivity index (χ4v) is 2.90. The van der Waals surface area contributed by atoms with Crippen LogP contribution in [-0.2, 0) is 11.2 Å². The van der Waals surface area contributed by atoms with E-state index >= 15 is 0 Å². The van der Waals surface area contributed by atoms with E-state index in [1.165, 1.54) is 5.56 Å². The predicted molar refractivity (Wildman–Crippen MR) is 80.4 cm³/mol. The molecule has 2 nitrogen and oxygen atoms in total. The second-order valence-electron chi connectivity index (χ2n) is 6.78. The van der Waals surface area contributed by atoms with Crippen molar-refractivity contribution in [3.63, 3.8) is 0 Å². The number of anilines is 1. The smallest absolute Gasteiger partial charge is 0.227 e. The molecule has 104 valence electrons. The zero-order valence-electron chi connectivity index (χ0n) is 12.6. The number of fused-ring (bicyclic) bond motifs is 1. The highest BCUT2D eigenvalue weighted by Crippen LogP contribution is 2.35. The maximum absolute atomic E-state index is 12.6. The summed E-state index contributed by atoms with van der Waals surface area (Å²) in [5, 5.41) is 0. The predicted octanol–water partition coefficient (Wildman–Crippen LogP) is 4.18. The van der Waals surface area contributed by atoms with E-state index in [9.17, 15) is 4.79 Å². The van der Waals surface area contributed by atoms with Crippen LogP contribution in [0.4, 0.5) is 5.69 Å². The van der Waals surface area contributed by atoms with Crippen LogP contribution in [0.25, 0.3) is 0 Å². The number of benzene rings is 1. The maximum Gasteiger partial charge on any atom is 0.227 e. The molecule has 1 aliphatic heterocycles. The number of rotatable bonds is 3. The minimum Gasteiger partial charge on any atom is -0.309 e. The largest absolute Gasteiger partial charge is 0.309 e. The fraction of sp³-hybridized carbons (Fsp3) is 0.588. The number of nitrogens with zero attached hydrogens (tertiary/aromatic N) is 1. The molecule has 2 heteroatoms. The molecule has 0 fully saturated rings. The standard InChI is InChI=1S/C17H25NO/c1-5-8-14-11-13-9-6-7-10-15(13)18(14)16(19)12-17(2,3)4/h6-7,9-10,14H,5,8,11-12H2,1-4H3. The van der Waals surface area contributed by atoms with Gasteiger partial charge in [0.25, 0.3) is 0 Å². The molecule has 1 unspecified atom stereocenters. The van der Waals surface area contributed by atoms with E-state index in [4.69, 9.17) is 0 Å². The molecule has 1 heterocycles. The highest BCUT2D eigenvalue weighted by Gasteiger charge is 2.34. The lowest BCUT2D eigenvalue weighted by molar-refractivity contribution is -0.120. The number of hydrogen-bond donors (Lipinski definition) is 0. The number of carbonyl (C=O) groups is 1. The van der Waals surface area contributed by atoms with Gasteiger partial charge in [0.2, 0.25) is 5.91 Å². The SMILES string of the molecule is CCCC1Cc2ccccc2N1C(=O)CC(C)(C)C. The summed E-state index contributed by atoms with van der Waals surface area (Å²) in [6.07, 6.45) is 3.84. The lowest BCUT2D eigenvalue weighted by Gasteiger charge is -2.28. The summed E-state index contributed by atoms with van der Waals surface area (Å²) in [7, 11) is 0. The average molecular weight is 259 g/mol. The topological polar surface area (TPSA) is 20.3 Å². The molecule has 1 amide bonds. The van der Waals surface area contributed by atoms with Gasteiger partial charge >= 0.3 is 0 Å². The Morgan fingerprint density at radius 1 is 1.32 bits per heavy atom. The number of carbonyl (C=O) groups excluding carboxylic acids is 1. The Labute approximate surface area is 116 Å². The van der Waals surface area contributed by atoms with E-state index in [-0.39, 0.29) is 11.3 Å². The lowest BCUT2D eigenvalue weighted by atomic mass is 9.91. The first-order chi connectivity index (χ1) is 8.92. The molecular weight excluding hydrogens is 234 g/mol. The van der Waals surface area contributed by atoms with Crippen molar-refractivity contribution in [2.75, 3.05) is 4.90 Å². The summed E-state index contributed by atoms with van der Waals surface area (Å²) >= 11 is 0. The summed E-state index contributed by atoms with van der Waals surface area (Å²) in [6.45, 7) is 8.57. The number of para-hydroxylation sites is 1. The zero-order chi connectivity index (χ0) is 14.0. The molecular formula is C17H25NO. The lowest BCUT2D eigenvalue weighted by Crippen LogP contribution is -2.39. The van der Waals surface area contributed by atoms with E-state index in [1.54, 1.807) is 0 Å². The van der Waals surface area contributed by atoms with Crippen molar-refractivity contribution in [1.29, 1.82) is 0 Å². The van der Waals surface area contributed by atoms with Crippen molar-refractivity contribution < 1.29 is 4.79 Å². The van der Waals surface area contributed by atoms with Gasteiger partial charge in [0.05, 0.1) is 0 Å². The summed E-state index contributed by atoms with van der Waals surface area (Å²) < 4.78 is 0. The van der Waals surface area contributed by atoms with Gasteiger partial charge in [0, 0.05) is 18.2 Å². The van der Waals surface area contributed by atoms with E-state index in [0.717, 1.165) is 24.9 Å². The number of amides is 1. The summed E-state index contributed by atoms with van der Waals surface area (Å²) in [4.78, 5) is 14.7. The zero-order valence-corrected chi connectivity index (χ0v) is 12.6. The van der Waals surface area contributed by atoms with Crippen LogP contribution in [-0.4, -0.2) is 11.9 Å². The van der Waals surface area contributed by atoms with Gasteiger partial charge < -0.3 is 4.90 Å². The molecule has 0 bridgehead atoms. The third-order valence-electron chi connectivity index (χ3n) is 3.64. The van der Waals surface area contributed by atoms with Crippen molar-refractivity contribution in [2.24, 2.45) is 5.41 Å². The Morgan fingerprint density at radius 2 is 2.00 bits per heavy atom. The minimum absolute atomic E-state index is 0.0470. The van der Waals surface area contributed by atoms with Crippen LogP contribution >= 0.6 is 0 Å². The second kappa shape index (κ2) is 5.36. The van der Waals surface area contributed by atoms with Gasteiger partial charge in [0.15, 0.2) is 0 Å². The van der Waals surface area contributed by atoms with Crippen LogP contribution in [0.15, 0.2) is 24.3 Å². The van der Waals surface area contributed by atoms with Gasteiger partial charge in [-0.05, 0) is 29.9 Å². The molecule has 19 heavy (non-hydrogen) atoms. The van der Waals surface area contributed by atoms with Crippen LogP contribution < -0.4 is 4.90 Å². The van der Waals surface area contributed by atoms with Crippen LogP contribution in [0.1, 0.15) is 52.5 Å². The normalized spacial score (nSPS) is 18.5. The van der Waals surface area contributed by atoms with E-state index in [0.29, 0.717) is 12.5 Å². The van der Waals surface area contributed by atoms with Crippen molar-refractivity contribution in [3.05, 3.63) is 29.8 Å². The van der Waals surface area contributed by atoms with Gasteiger partial charge in [-0.1, -0.05) is 52.3 Å². The van der Waals surface area contributed by atoms with Crippen LogP contribution in [0.5, 0.6) is 0 Å². The van der Waals surface area contributed by atoms with Crippen LogP contribution in [0, 0.1) is 5.41 Å². The van der Waals surface area contributed by atoms with Gasteiger partial charge in [-0.25, -0.2) is 0 Å². The second-order valence-corrected chi connectivity index (χ2v) is 6.78. The average Bonchev–Trinajstić information content (AvgIpc) is 2.65. The number of hydrogen-bond acceptors (Lipinski definition) is 1.